The number of hydrogen-bond acceptors (Lipinski definition) is 5. The van der Waals surface area contributed by atoms with Gasteiger partial charge in [0.1, 0.15) is 4.90 Å². The van der Waals surface area contributed by atoms with Gasteiger partial charge in [-0.25, -0.2) is 8.42 Å². The molecule has 0 aromatic carbocycles. The highest BCUT2D eigenvalue weighted by molar-refractivity contribution is 7.89. The first-order chi connectivity index (χ1) is 9.78. The first kappa shape index (κ1) is 18.0. The average molecular weight is 314 g/mol. The largest absolute Gasteiger partial charge is 0.325 e. The Bertz CT molecular complexity index is 544. The average Bonchev–Trinajstić information content (AvgIpc) is 2.42. The molecule has 1 aromatic heterocycles. The molecule has 120 valence electrons. The summed E-state index contributed by atoms with van der Waals surface area (Å²) < 4.78 is 27.3. The Morgan fingerprint density at radius 1 is 1.29 bits per heavy atom. The third kappa shape index (κ3) is 5.03. The quantitative estimate of drug-likeness (QED) is 0.766. The van der Waals surface area contributed by atoms with Gasteiger partial charge in [-0.05, 0) is 32.1 Å². The summed E-state index contributed by atoms with van der Waals surface area (Å²) in [6.45, 7) is 5.72. The van der Waals surface area contributed by atoms with Crippen molar-refractivity contribution in [3.05, 3.63) is 24.0 Å². The fourth-order valence-electron chi connectivity index (χ4n) is 1.98. The Labute approximate surface area is 128 Å². The van der Waals surface area contributed by atoms with Gasteiger partial charge < -0.3 is 10.6 Å². The van der Waals surface area contributed by atoms with Gasteiger partial charge in [0.2, 0.25) is 10.0 Å². The van der Waals surface area contributed by atoms with Gasteiger partial charge in [0.15, 0.2) is 0 Å². The van der Waals surface area contributed by atoms with E-state index in [9.17, 15) is 8.42 Å². The Kier molecular flexibility index (Phi) is 6.73. The molecule has 6 nitrogen and oxygen atoms in total. The van der Waals surface area contributed by atoms with Crippen molar-refractivity contribution in [1.82, 2.24) is 14.2 Å². The van der Waals surface area contributed by atoms with Crippen LogP contribution in [0.15, 0.2) is 23.2 Å². The van der Waals surface area contributed by atoms with Crippen LogP contribution >= 0.6 is 0 Å². The Morgan fingerprint density at radius 3 is 2.48 bits per heavy atom. The summed E-state index contributed by atoms with van der Waals surface area (Å²) in [7, 11) is 0.282. The van der Waals surface area contributed by atoms with E-state index in [0.717, 1.165) is 0 Å². The van der Waals surface area contributed by atoms with Crippen LogP contribution in [0.5, 0.6) is 0 Å². The molecule has 1 heterocycles. The van der Waals surface area contributed by atoms with Crippen LogP contribution in [0.3, 0.4) is 0 Å². The van der Waals surface area contributed by atoms with E-state index in [4.69, 9.17) is 5.73 Å². The lowest BCUT2D eigenvalue weighted by molar-refractivity contribution is 0.312. The normalized spacial score (nSPS) is 12.6. The van der Waals surface area contributed by atoms with Gasteiger partial charge in [0.05, 0.1) is 5.69 Å². The minimum absolute atomic E-state index is 0.110. The minimum atomic E-state index is -3.57. The van der Waals surface area contributed by atoms with Crippen molar-refractivity contribution in [2.45, 2.75) is 25.3 Å². The molecule has 0 unspecified atom stereocenters. The van der Waals surface area contributed by atoms with Gasteiger partial charge >= 0.3 is 0 Å². The molecular formula is C14H26N4O2S. The number of aromatic nitrogens is 1. The Morgan fingerprint density at radius 2 is 1.95 bits per heavy atom. The fraction of sp³-hybridized carbons (Fsp3) is 0.643. The van der Waals surface area contributed by atoms with Gasteiger partial charge in [0.25, 0.3) is 0 Å². The predicted molar refractivity (Wildman–Crippen MR) is 84.3 cm³/mol. The maximum Gasteiger partial charge on any atom is 0.244 e. The van der Waals surface area contributed by atoms with Crippen molar-refractivity contribution in [3.8, 4) is 0 Å². The van der Waals surface area contributed by atoms with E-state index in [1.807, 2.05) is 32.8 Å². The van der Waals surface area contributed by atoms with Crippen LogP contribution in [-0.4, -0.2) is 56.3 Å². The highest BCUT2D eigenvalue weighted by Crippen LogP contribution is 2.19. The smallest absolute Gasteiger partial charge is 0.244 e. The van der Waals surface area contributed by atoms with Crippen molar-refractivity contribution < 1.29 is 8.42 Å². The summed E-state index contributed by atoms with van der Waals surface area (Å²) in [5, 5.41) is 0. The van der Waals surface area contributed by atoms with E-state index in [1.54, 1.807) is 18.3 Å². The third-order valence-corrected chi connectivity index (χ3v) is 4.96. The second-order valence-electron chi connectivity index (χ2n) is 5.71. The first-order valence-corrected chi connectivity index (χ1v) is 8.52. The van der Waals surface area contributed by atoms with Gasteiger partial charge in [0, 0.05) is 32.4 Å². The lowest BCUT2D eigenvalue weighted by Crippen LogP contribution is -2.39. The number of rotatable bonds is 8. The lowest BCUT2D eigenvalue weighted by Gasteiger charge is -2.26. The zero-order chi connectivity index (χ0) is 16.0. The topological polar surface area (TPSA) is 79.5 Å². The van der Waals surface area contributed by atoms with Crippen molar-refractivity contribution in [1.29, 1.82) is 0 Å². The van der Waals surface area contributed by atoms with Crippen LogP contribution in [-0.2, 0) is 16.6 Å². The molecule has 0 spiro atoms. The van der Waals surface area contributed by atoms with Crippen LogP contribution in [0, 0.1) is 5.92 Å². The maximum atomic E-state index is 12.9. The van der Waals surface area contributed by atoms with Gasteiger partial charge in [-0.1, -0.05) is 13.8 Å². The summed E-state index contributed by atoms with van der Waals surface area (Å²) in [6.07, 6.45) is 1.56. The zero-order valence-corrected chi connectivity index (χ0v) is 14.1. The highest BCUT2D eigenvalue weighted by atomic mass is 32.2. The molecule has 2 N–H and O–H groups in total. The standard InChI is InChI=1S/C14H26N4O2S/c1-12(2)11-18(9-8-17(3)4)21(19,20)14-6-5-7-16-13(14)10-15/h5-7,12H,8-11,15H2,1-4H3. The number of likely N-dealkylation sites (N-methyl/N-ethyl adjacent to an activating group) is 1. The summed E-state index contributed by atoms with van der Waals surface area (Å²) in [5.74, 6) is 0.250. The van der Waals surface area contributed by atoms with Crippen LogP contribution in [0.25, 0.3) is 0 Å². The van der Waals surface area contributed by atoms with E-state index in [2.05, 4.69) is 4.98 Å². The molecule has 7 heteroatoms. The summed E-state index contributed by atoms with van der Waals surface area (Å²) in [4.78, 5) is 6.26. The Balaban J connectivity index is 3.13. The maximum absolute atomic E-state index is 12.9. The molecule has 0 aliphatic rings. The predicted octanol–water partition coefficient (Wildman–Crippen LogP) is 0.749. The molecule has 0 atom stereocenters. The summed E-state index contributed by atoms with van der Waals surface area (Å²) in [5.41, 5.74) is 6.03. The molecule has 0 saturated heterocycles. The number of nitrogens with zero attached hydrogens (tertiary/aromatic N) is 3. The number of sulfonamides is 1. The highest BCUT2D eigenvalue weighted by Gasteiger charge is 2.27. The van der Waals surface area contributed by atoms with E-state index in [0.29, 0.717) is 25.3 Å². The second-order valence-corrected chi connectivity index (χ2v) is 7.62. The van der Waals surface area contributed by atoms with Crippen molar-refractivity contribution in [2.75, 3.05) is 33.7 Å². The van der Waals surface area contributed by atoms with Crippen LogP contribution in [0.2, 0.25) is 0 Å². The van der Waals surface area contributed by atoms with Crippen molar-refractivity contribution in [3.63, 3.8) is 0 Å². The molecule has 0 saturated carbocycles. The molecule has 0 aliphatic carbocycles. The molecule has 1 rings (SSSR count). The molecule has 0 bridgehead atoms. The second kappa shape index (κ2) is 7.84. The van der Waals surface area contributed by atoms with Gasteiger partial charge in [-0.2, -0.15) is 4.31 Å². The zero-order valence-electron chi connectivity index (χ0n) is 13.3. The van der Waals surface area contributed by atoms with E-state index < -0.39 is 10.0 Å². The minimum Gasteiger partial charge on any atom is -0.325 e. The molecule has 21 heavy (non-hydrogen) atoms. The SMILES string of the molecule is CC(C)CN(CCN(C)C)S(=O)(=O)c1cccnc1CN. The number of pyridine rings is 1. The first-order valence-electron chi connectivity index (χ1n) is 7.08. The van der Waals surface area contributed by atoms with Gasteiger partial charge in [-0.15, -0.1) is 0 Å². The Hall–Kier alpha value is -1.02. The summed E-state index contributed by atoms with van der Waals surface area (Å²) >= 11 is 0. The van der Waals surface area contributed by atoms with Crippen LogP contribution < -0.4 is 5.73 Å². The van der Waals surface area contributed by atoms with E-state index in [1.165, 1.54) is 4.31 Å². The lowest BCUT2D eigenvalue weighted by atomic mass is 10.2. The molecule has 0 aliphatic heterocycles. The fourth-order valence-corrected chi connectivity index (χ4v) is 3.76. The monoisotopic (exact) mass is 314 g/mol. The van der Waals surface area contributed by atoms with Crippen LogP contribution in [0.4, 0.5) is 0 Å². The van der Waals surface area contributed by atoms with E-state index in [-0.39, 0.29) is 17.4 Å². The molecular weight excluding hydrogens is 288 g/mol. The summed E-state index contributed by atoms with van der Waals surface area (Å²) in [6, 6.07) is 3.21. The molecule has 1 aromatic rings. The number of hydrogen-bond donors (Lipinski definition) is 1. The molecule has 0 fully saturated rings. The third-order valence-electron chi connectivity index (χ3n) is 3.03. The van der Waals surface area contributed by atoms with Crippen molar-refractivity contribution in [2.24, 2.45) is 11.7 Å². The van der Waals surface area contributed by atoms with Gasteiger partial charge in [-0.3, -0.25) is 4.98 Å². The van der Waals surface area contributed by atoms with Crippen molar-refractivity contribution >= 4 is 10.0 Å². The van der Waals surface area contributed by atoms with E-state index >= 15 is 0 Å². The molecule has 0 amide bonds. The number of nitrogens with two attached hydrogens (primary N) is 1. The molecule has 0 radical (unpaired) electrons. The van der Waals surface area contributed by atoms with Crippen LogP contribution in [0.1, 0.15) is 19.5 Å².